The molecule has 0 N–H and O–H groups in total. The highest BCUT2D eigenvalue weighted by Crippen LogP contribution is 2.68. The quantitative estimate of drug-likeness (QED) is 0.431. The molecule has 0 aliphatic heterocycles. The van der Waals surface area contributed by atoms with Crippen molar-refractivity contribution in [3.8, 4) is 0 Å². The van der Waals surface area contributed by atoms with E-state index in [1.807, 2.05) is 12.1 Å². The first-order valence-electron chi connectivity index (χ1n) is 9.20. The van der Waals surface area contributed by atoms with Gasteiger partial charge in [-0.05, 0) is 35.1 Å². The minimum absolute atomic E-state index is 0.270. The Hall–Kier alpha value is -1.76. The molecule has 4 atom stereocenters. The molecular formula is C24H20Cl2. The molecule has 0 spiro atoms. The summed E-state index contributed by atoms with van der Waals surface area (Å²) in [6.07, 6.45) is 1.98. The normalized spacial score (nSPS) is 32.2. The Labute approximate surface area is 164 Å². The molecule has 2 saturated carbocycles. The molecular weight excluding hydrogens is 359 g/mol. The number of benzene rings is 3. The number of hydrogen-bond donors (Lipinski definition) is 0. The lowest BCUT2D eigenvalue weighted by Gasteiger charge is -2.15. The maximum atomic E-state index is 7.02. The largest absolute Gasteiger partial charge is 0.113 e. The van der Waals surface area contributed by atoms with Crippen LogP contribution >= 0.6 is 23.2 Å². The first kappa shape index (κ1) is 16.4. The molecule has 130 valence electrons. The first-order valence-corrected chi connectivity index (χ1v) is 9.96. The van der Waals surface area contributed by atoms with Gasteiger partial charge in [0, 0.05) is 11.8 Å². The number of hydrogen-bond acceptors (Lipinski definition) is 0. The van der Waals surface area contributed by atoms with E-state index in [-0.39, 0.29) is 9.75 Å². The Morgan fingerprint density at radius 3 is 1.27 bits per heavy atom. The maximum Gasteiger partial charge on any atom is 0.0770 e. The highest BCUT2D eigenvalue weighted by atomic mass is 35.5. The fourth-order valence-electron chi connectivity index (χ4n) is 4.40. The second kappa shape index (κ2) is 5.87. The molecule has 2 heteroatoms. The monoisotopic (exact) mass is 378 g/mol. The molecule has 2 fully saturated rings. The molecule has 2 aliphatic rings. The summed E-state index contributed by atoms with van der Waals surface area (Å²) in [5.74, 6) is 0.722. The Morgan fingerprint density at radius 1 is 0.538 bits per heavy atom. The van der Waals surface area contributed by atoms with Crippen LogP contribution < -0.4 is 0 Å². The van der Waals surface area contributed by atoms with Crippen LogP contribution in [0, 0.1) is 0 Å². The van der Waals surface area contributed by atoms with Gasteiger partial charge >= 0.3 is 0 Å². The van der Waals surface area contributed by atoms with Crippen molar-refractivity contribution in [3.05, 3.63) is 107 Å². The van der Waals surface area contributed by atoms with Gasteiger partial charge in [0.2, 0.25) is 0 Å². The zero-order chi connectivity index (χ0) is 17.8. The van der Waals surface area contributed by atoms with Crippen molar-refractivity contribution in [2.45, 2.75) is 34.4 Å². The summed E-state index contributed by atoms with van der Waals surface area (Å²) in [5.41, 5.74) is 5.18. The third-order valence-corrected chi connectivity index (χ3v) is 7.31. The first-order chi connectivity index (χ1) is 12.6. The van der Waals surface area contributed by atoms with Gasteiger partial charge in [0.1, 0.15) is 0 Å². The van der Waals surface area contributed by atoms with E-state index in [9.17, 15) is 0 Å². The van der Waals surface area contributed by atoms with E-state index in [0.717, 1.165) is 12.8 Å². The molecule has 26 heavy (non-hydrogen) atoms. The van der Waals surface area contributed by atoms with E-state index in [0.29, 0.717) is 11.8 Å². The van der Waals surface area contributed by atoms with E-state index >= 15 is 0 Å². The fourth-order valence-corrected chi connectivity index (χ4v) is 5.20. The Morgan fingerprint density at radius 2 is 0.885 bits per heavy atom. The molecule has 0 radical (unpaired) electrons. The van der Waals surface area contributed by atoms with Crippen molar-refractivity contribution >= 4 is 23.2 Å². The van der Waals surface area contributed by atoms with Gasteiger partial charge < -0.3 is 0 Å². The molecule has 0 nitrogen and oxygen atoms in total. The summed E-state index contributed by atoms with van der Waals surface area (Å²) in [4.78, 5) is -0.540. The van der Waals surface area contributed by atoms with Gasteiger partial charge in [0.25, 0.3) is 0 Å². The molecule has 4 unspecified atom stereocenters. The van der Waals surface area contributed by atoms with Gasteiger partial charge in [-0.2, -0.15) is 0 Å². The van der Waals surface area contributed by atoms with E-state index < -0.39 is 0 Å². The summed E-state index contributed by atoms with van der Waals surface area (Å²) >= 11 is 14.0. The minimum atomic E-state index is -0.270. The second-order valence-corrected chi connectivity index (χ2v) is 8.95. The van der Waals surface area contributed by atoms with Crippen molar-refractivity contribution in [1.29, 1.82) is 0 Å². The Kier molecular flexibility index (Phi) is 3.71. The van der Waals surface area contributed by atoms with E-state index in [1.54, 1.807) is 0 Å². The second-order valence-electron chi connectivity index (χ2n) is 7.60. The lowest BCUT2D eigenvalue weighted by atomic mass is 9.94. The van der Waals surface area contributed by atoms with E-state index in [2.05, 4.69) is 72.8 Å². The number of halogens is 2. The highest BCUT2D eigenvalue weighted by Gasteiger charge is 2.59. The zero-order valence-corrected chi connectivity index (χ0v) is 15.9. The third-order valence-electron chi connectivity index (χ3n) is 6.04. The predicted molar refractivity (Wildman–Crippen MR) is 109 cm³/mol. The molecule has 2 aliphatic carbocycles. The van der Waals surface area contributed by atoms with Crippen LogP contribution in [-0.2, 0) is 9.75 Å². The smallest absolute Gasteiger partial charge is 0.0770 e. The molecule has 0 amide bonds. The average molecular weight is 379 g/mol. The van der Waals surface area contributed by atoms with Crippen LogP contribution in [0.5, 0.6) is 0 Å². The van der Waals surface area contributed by atoms with Gasteiger partial charge in [0.15, 0.2) is 0 Å². The van der Waals surface area contributed by atoms with Crippen molar-refractivity contribution in [1.82, 2.24) is 0 Å². The number of rotatable bonds is 4. The highest BCUT2D eigenvalue weighted by molar-refractivity contribution is 6.27. The molecule has 0 heterocycles. The van der Waals surface area contributed by atoms with Crippen LogP contribution in [-0.4, -0.2) is 0 Å². The maximum absolute atomic E-state index is 7.02. The van der Waals surface area contributed by atoms with Crippen LogP contribution in [0.25, 0.3) is 0 Å². The van der Waals surface area contributed by atoms with E-state index in [1.165, 1.54) is 22.3 Å². The van der Waals surface area contributed by atoms with Crippen molar-refractivity contribution in [2.24, 2.45) is 0 Å². The van der Waals surface area contributed by atoms with Crippen molar-refractivity contribution < 1.29 is 0 Å². The molecule has 0 aromatic heterocycles. The summed E-state index contributed by atoms with van der Waals surface area (Å²) in [7, 11) is 0. The lowest BCUT2D eigenvalue weighted by molar-refractivity contribution is 0.890. The van der Waals surface area contributed by atoms with E-state index in [4.69, 9.17) is 23.2 Å². The van der Waals surface area contributed by atoms with Crippen molar-refractivity contribution in [3.63, 3.8) is 0 Å². The summed E-state index contributed by atoms with van der Waals surface area (Å²) in [6, 6.07) is 29.7. The van der Waals surface area contributed by atoms with Gasteiger partial charge in [-0.25, -0.2) is 0 Å². The molecule has 0 bridgehead atoms. The van der Waals surface area contributed by atoms with Crippen LogP contribution in [0.1, 0.15) is 46.9 Å². The van der Waals surface area contributed by atoms with Crippen LogP contribution in [0.2, 0.25) is 0 Å². The van der Waals surface area contributed by atoms with Crippen LogP contribution in [0.3, 0.4) is 0 Å². The topological polar surface area (TPSA) is 0 Å². The van der Waals surface area contributed by atoms with Gasteiger partial charge in [-0.3, -0.25) is 0 Å². The molecule has 0 saturated heterocycles. The predicted octanol–water partition coefficient (Wildman–Crippen LogP) is 6.93. The standard InChI is InChI=1S/C24H20Cl2/c25-23(17-9-3-1-4-10-17)15-21(23)19-13-7-8-14-20(19)22-16-24(22,26)18-11-5-2-6-12-18/h1-14,21-22H,15-16H2. The summed E-state index contributed by atoms with van der Waals surface area (Å²) in [5, 5.41) is 0. The van der Waals surface area contributed by atoms with Crippen molar-refractivity contribution in [2.75, 3.05) is 0 Å². The summed E-state index contributed by atoms with van der Waals surface area (Å²) in [6.45, 7) is 0. The molecule has 3 aromatic carbocycles. The van der Waals surface area contributed by atoms with Crippen LogP contribution in [0.4, 0.5) is 0 Å². The number of alkyl halides is 2. The lowest BCUT2D eigenvalue weighted by Crippen LogP contribution is -2.04. The van der Waals surface area contributed by atoms with Gasteiger partial charge in [-0.15, -0.1) is 23.2 Å². The average Bonchev–Trinajstić information content (AvgIpc) is 3.59. The zero-order valence-electron chi connectivity index (χ0n) is 14.4. The SMILES string of the molecule is ClC1(c2ccccc2)CC1c1ccccc1C1CC1(Cl)c1ccccc1. The Balaban J connectivity index is 1.47. The fraction of sp³-hybridized carbons (Fsp3) is 0.250. The van der Waals surface area contributed by atoms with Gasteiger partial charge in [0.05, 0.1) is 9.75 Å². The third kappa shape index (κ3) is 2.51. The Bertz CT molecular complexity index is 858. The van der Waals surface area contributed by atoms with Crippen LogP contribution in [0.15, 0.2) is 84.9 Å². The van der Waals surface area contributed by atoms with Gasteiger partial charge in [-0.1, -0.05) is 84.9 Å². The molecule has 5 rings (SSSR count). The molecule has 3 aromatic rings. The minimum Gasteiger partial charge on any atom is -0.113 e. The summed E-state index contributed by atoms with van der Waals surface area (Å²) < 4.78 is 0.